The van der Waals surface area contributed by atoms with E-state index in [4.69, 9.17) is 4.74 Å². The molecule has 1 aliphatic carbocycles. The zero-order chi connectivity index (χ0) is 19.2. The number of hydrogen-bond acceptors (Lipinski definition) is 6. The molecular weight excluding hydrogens is 346 g/mol. The molecule has 2 aromatic carbocycles. The number of aromatic hydroxyl groups is 1. The van der Waals surface area contributed by atoms with Crippen molar-refractivity contribution in [2.24, 2.45) is 0 Å². The number of fused-ring (bicyclic) bond motifs is 1. The second-order valence-corrected chi connectivity index (χ2v) is 6.82. The van der Waals surface area contributed by atoms with Gasteiger partial charge in [0, 0.05) is 18.2 Å². The average Bonchev–Trinajstić information content (AvgIpc) is 2.70. The molecule has 0 heterocycles. The summed E-state index contributed by atoms with van der Waals surface area (Å²) in [6.45, 7) is 0.166. The first-order valence-corrected chi connectivity index (χ1v) is 9.13. The fourth-order valence-electron chi connectivity index (χ4n) is 3.46. The second kappa shape index (κ2) is 8.99. The third-order valence-electron chi connectivity index (χ3n) is 4.98. The Bertz CT molecular complexity index is 792. The highest BCUT2D eigenvalue weighted by Gasteiger charge is 2.20. The maximum absolute atomic E-state index is 10.5. The lowest BCUT2D eigenvalue weighted by molar-refractivity contribution is -0.109. The van der Waals surface area contributed by atoms with E-state index in [1.807, 2.05) is 18.2 Å². The second-order valence-electron chi connectivity index (χ2n) is 6.82. The summed E-state index contributed by atoms with van der Waals surface area (Å²) in [5.74, 6) is 0.722. The number of aliphatic hydroxyl groups is 2. The van der Waals surface area contributed by atoms with Crippen molar-refractivity contribution < 1.29 is 24.9 Å². The SMILES string of the molecule is O=CCOc1ccc2c(c1)CC(NCC(O)c1ccc(O)c(CO)c1)CC2. The van der Waals surface area contributed by atoms with E-state index >= 15 is 0 Å². The van der Waals surface area contributed by atoms with Gasteiger partial charge in [-0.25, -0.2) is 0 Å². The van der Waals surface area contributed by atoms with Crippen molar-refractivity contribution in [3.05, 3.63) is 58.7 Å². The minimum Gasteiger partial charge on any atom is -0.508 e. The van der Waals surface area contributed by atoms with Crippen LogP contribution in [0.4, 0.5) is 0 Å². The third-order valence-corrected chi connectivity index (χ3v) is 4.98. The lowest BCUT2D eigenvalue weighted by Crippen LogP contribution is -2.37. The van der Waals surface area contributed by atoms with Crippen molar-refractivity contribution in [3.63, 3.8) is 0 Å². The van der Waals surface area contributed by atoms with Gasteiger partial charge in [-0.3, -0.25) is 4.79 Å². The van der Waals surface area contributed by atoms with Crippen LogP contribution in [0.15, 0.2) is 36.4 Å². The summed E-state index contributed by atoms with van der Waals surface area (Å²) in [4.78, 5) is 10.5. The van der Waals surface area contributed by atoms with Crippen LogP contribution < -0.4 is 10.1 Å². The number of carbonyl (C=O) groups is 1. The number of aliphatic hydroxyl groups excluding tert-OH is 2. The number of rotatable bonds is 8. The maximum Gasteiger partial charge on any atom is 0.157 e. The smallest absolute Gasteiger partial charge is 0.157 e. The first-order chi connectivity index (χ1) is 13.1. The molecule has 2 unspecified atom stereocenters. The van der Waals surface area contributed by atoms with Gasteiger partial charge in [0.05, 0.1) is 12.7 Å². The Kier molecular flexibility index (Phi) is 6.45. The number of hydrogen-bond donors (Lipinski definition) is 4. The quantitative estimate of drug-likeness (QED) is 0.527. The van der Waals surface area contributed by atoms with Crippen molar-refractivity contribution in [2.75, 3.05) is 13.2 Å². The van der Waals surface area contributed by atoms with Crippen LogP contribution >= 0.6 is 0 Å². The van der Waals surface area contributed by atoms with Crippen molar-refractivity contribution in [3.8, 4) is 11.5 Å². The number of ether oxygens (including phenoxy) is 1. The van der Waals surface area contributed by atoms with Gasteiger partial charge in [-0.1, -0.05) is 12.1 Å². The molecule has 0 spiro atoms. The summed E-state index contributed by atoms with van der Waals surface area (Å²) in [5.41, 5.74) is 3.55. The minimum atomic E-state index is -0.723. The van der Waals surface area contributed by atoms with Crippen LogP contribution in [0.5, 0.6) is 11.5 Å². The Morgan fingerprint density at radius 2 is 2.07 bits per heavy atom. The van der Waals surface area contributed by atoms with E-state index in [-0.39, 0.29) is 25.0 Å². The predicted molar refractivity (Wildman–Crippen MR) is 101 cm³/mol. The molecule has 27 heavy (non-hydrogen) atoms. The highest BCUT2D eigenvalue weighted by Crippen LogP contribution is 2.26. The van der Waals surface area contributed by atoms with Crippen LogP contribution in [0.2, 0.25) is 0 Å². The van der Waals surface area contributed by atoms with Gasteiger partial charge in [0.25, 0.3) is 0 Å². The van der Waals surface area contributed by atoms with Crippen LogP contribution in [-0.2, 0) is 24.2 Å². The van der Waals surface area contributed by atoms with Crippen LogP contribution in [0, 0.1) is 0 Å². The van der Waals surface area contributed by atoms with E-state index < -0.39 is 6.10 Å². The number of aryl methyl sites for hydroxylation is 1. The molecule has 2 aromatic rings. The number of carbonyl (C=O) groups excluding carboxylic acids is 1. The van der Waals surface area contributed by atoms with E-state index in [2.05, 4.69) is 5.32 Å². The van der Waals surface area contributed by atoms with E-state index in [0.717, 1.165) is 25.5 Å². The van der Waals surface area contributed by atoms with Gasteiger partial charge in [0.1, 0.15) is 18.1 Å². The van der Waals surface area contributed by atoms with E-state index in [9.17, 15) is 20.1 Å². The van der Waals surface area contributed by atoms with E-state index in [1.54, 1.807) is 12.1 Å². The maximum atomic E-state index is 10.5. The largest absolute Gasteiger partial charge is 0.508 e. The number of aldehydes is 1. The van der Waals surface area contributed by atoms with Gasteiger partial charge in [-0.05, 0) is 60.2 Å². The normalized spacial score (nSPS) is 17.2. The van der Waals surface area contributed by atoms with Crippen molar-refractivity contribution in [1.82, 2.24) is 5.32 Å². The molecule has 1 aliphatic rings. The van der Waals surface area contributed by atoms with Crippen LogP contribution in [0.1, 0.15) is 34.8 Å². The van der Waals surface area contributed by atoms with Gasteiger partial charge in [0.2, 0.25) is 0 Å². The molecule has 0 radical (unpaired) electrons. The summed E-state index contributed by atoms with van der Waals surface area (Å²) < 4.78 is 5.37. The average molecular weight is 371 g/mol. The molecule has 144 valence electrons. The molecule has 0 bridgehead atoms. The fourth-order valence-corrected chi connectivity index (χ4v) is 3.46. The lowest BCUT2D eigenvalue weighted by Gasteiger charge is -2.27. The lowest BCUT2D eigenvalue weighted by atomic mass is 9.88. The molecule has 0 fully saturated rings. The van der Waals surface area contributed by atoms with E-state index in [1.165, 1.54) is 17.2 Å². The molecule has 6 heteroatoms. The van der Waals surface area contributed by atoms with Crippen LogP contribution in [-0.4, -0.2) is 40.8 Å². The molecule has 0 aliphatic heterocycles. The Morgan fingerprint density at radius 3 is 2.85 bits per heavy atom. The minimum absolute atomic E-state index is 0.0258. The molecular formula is C21H25NO5. The molecule has 0 aromatic heterocycles. The summed E-state index contributed by atoms with van der Waals surface area (Å²) in [6.07, 6.45) is 2.77. The summed E-state index contributed by atoms with van der Waals surface area (Å²) in [5, 5.41) is 32.7. The van der Waals surface area contributed by atoms with E-state index in [0.29, 0.717) is 23.4 Å². The highest BCUT2D eigenvalue weighted by molar-refractivity contribution is 5.51. The Hall–Kier alpha value is -2.41. The molecule has 0 saturated carbocycles. The van der Waals surface area contributed by atoms with Gasteiger partial charge in [-0.2, -0.15) is 0 Å². The number of phenols is 1. The van der Waals surface area contributed by atoms with Crippen molar-refractivity contribution in [2.45, 2.75) is 38.0 Å². The summed E-state index contributed by atoms with van der Waals surface area (Å²) in [7, 11) is 0. The number of nitrogens with one attached hydrogen (secondary N) is 1. The van der Waals surface area contributed by atoms with Crippen molar-refractivity contribution in [1.29, 1.82) is 0 Å². The van der Waals surface area contributed by atoms with Gasteiger partial charge < -0.3 is 25.4 Å². The molecule has 2 atom stereocenters. The monoisotopic (exact) mass is 371 g/mol. The predicted octanol–water partition coefficient (Wildman–Crippen LogP) is 1.64. The van der Waals surface area contributed by atoms with Crippen LogP contribution in [0.25, 0.3) is 0 Å². The van der Waals surface area contributed by atoms with Crippen LogP contribution in [0.3, 0.4) is 0 Å². The Morgan fingerprint density at radius 1 is 1.22 bits per heavy atom. The standard InChI is InChI=1S/C21H25NO5/c23-7-8-27-19-5-2-14-1-4-18(10-16(14)11-19)22-12-21(26)15-3-6-20(25)17(9-15)13-24/h2-3,5-7,9,11,18,21-22,24-26H,1,4,8,10,12-13H2. The third kappa shape index (κ3) is 4.86. The first kappa shape index (κ1) is 19.4. The zero-order valence-corrected chi connectivity index (χ0v) is 15.1. The topological polar surface area (TPSA) is 99.0 Å². The summed E-state index contributed by atoms with van der Waals surface area (Å²) >= 11 is 0. The van der Waals surface area contributed by atoms with Crippen molar-refractivity contribution >= 4 is 6.29 Å². The molecule has 4 N–H and O–H groups in total. The van der Waals surface area contributed by atoms with Gasteiger partial charge in [-0.15, -0.1) is 0 Å². The Labute approximate surface area is 158 Å². The van der Waals surface area contributed by atoms with Gasteiger partial charge >= 0.3 is 0 Å². The molecule has 3 rings (SSSR count). The summed E-state index contributed by atoms with van der Waals surface area (Å²) in [6, 6.07) is 10.9. The molecule has 6 nitrogen and oxygen atoms in total. The fraction of sp³-hybridized carbons (Fsp3) is 0.381. The number of benzene rings is 2. The Balaban J connectivity index is 1.58. The molecule has 0 amide bonds. The van der Waals surface area contributed by atoms with Gasteiger partial charge in [0.15, 0.2) is 6.29 Å². The molecule has 0 saturated heterocycles. The zero-order valence-electron chi connectivity index (χ0n) is 15.1. The first-order valence-electron chi connectivity index (χ1n) is 9.13. The highest BCUT2D eigenvalue weighted by atomic mass is 16.5.